The van der Waals surface area contributed by atoms with Crippen LogP contribution >= 0.6 is 0 Å². The molecule has 0 spiro atoms. The molecular weight excluding hydrogens is 238 g/mol. The van der Waals surface area contributed by atoms with Crippen molar-refractivity contribution in [2.75, 3.05) is 0 Å². The van der Waals surface area contributed by atoms with Crippen LogP contribution < -0.4 is 5.32 Å². The molecule has 1 aromatic carbocycles. The van der Waals surface area contributed by atoms with Crippen molar-refractivity contribution in [1.29, 1.82) is 0 Å². The van der Waals surface area contributed by atoms with Crippen LogP contribution in [0.25, 0.3) is 11.0 Å². The van der Waals surface area contributed by atoms with Gasteiger partial charge >= 0.3 is 0 Å². The monoisotopic (exact) mass is 255 g/mol. The molecule has 2 unspecified atom stereocenters. The second kappa shape index (κ2) is 4.08. The van der Waals surface area contributed by atoms with E-state index >= 15 is 0 Å². The summed E-state index contributed by atoms with van der Waals surface area (Å²) in [4.78, 5) is 19.7. The number of para-hydroxylation sites is 2. The summed E-state index contributed by atoms with van der Waals surface area (Å²) < 4.78 is 0. The van der Waals surface area contributed by atoms with Gasteiger partial charge in [-0.15, -0.1) is 0 Å². The first-order valence-corrected chi connectivity index (χ1v) is 7.01. The predicted molar refractivity (Wildman–Crippen MR) is 72.3 cm³/mol. The molecule has 2 aliphatic carbocycles. The number of nitrogens with zero attached hydrogens (tertiary/aromatic N) is 1. The number of hydrogen-bond donors (Lipinski definition) is 2. The van der Waals surface area contributed by atoms with Crippen LogP contribution in [0.3, 0.4) is 0 Å². The zero-order valence-electron chi connectivity index (χ0n) is 10.7. The van der Waals surface area contributed by atoms with Gasteiger partial charge in [-0.1, -0.05) is 12.1 Å². The summed E-state index contributed by atoms with van der Waals surface area (Å²) in [6.07, 6.45) is 3.54. The molecule has 2 saturated carbocycles. The van der Waals surface area contributed by atoms with E-state index in [2.05, 4.69) is 15.3 Å². The lowest BCUT2D eigenvalue weighted by molar-refractivity contribution is -0.125. The fourth-order valence-electron chi connectivity index (χ4n) is 3.33. The van der Waals surface area contributed by atoms with Crippen molar-refractivity contribution in [3.8, 4) is 0 Å². The third-order valence-corrected chi connectivity index (χ3v) is 4.48. The Morgan fingerprint density at radius 2 is 2.05 bits per heavy atom. The number of carbonyl (C=O) groups is 1. The maximum atomic E-state index is 12.0. The van der Waals surface area contributed by atoms with Crippen molar-refractivity contribution in [3.63, 3.8) is 0 Å². The zero-order chi connectivity index (χ0) is 12.8. The number of hydrogen-bond acceptors (Lipinski definition) is 2. The van der Waals surface area contributed by atoms with E-state index in [1.807, 2.05) is 24.3 Å². The summed E-state index contributed by atoms with van der Waals surface area (Å²) in [5, 5.41) is 3.01. The molecule has 2 aliphatic rings. The lowest BCUT2D eigenvalue weighted by Crippen LogP contribution is -2.29. The second-order valence-electron chi connectivity index (χ2n) is 5.84. The highest BCUT2D eigenvalue weighted by molar-refractivity contribution is 5.79. The average Bonchev–Trinajstić information content (AvgIpc) is 2.89. The van der Waals surface area contributed by atoms with E-state index in [0.717, 1.165) is 41.5 Å². The normalized spacial score (nSPS) is 28.3. The van der Waals surface area contributed by atoms with Gasteiger partial charge in [0.25, 0.3) is 0 Å². The summed E-state index contributed by atoms with van der Waals surface area (Å²) in [6, 6.07) is 7.92. The molecule has 4 rings (SSSR count). The number of benzene rings is 1. The zero-order valence-corrected chi connectivity index (χ0v) is 10.7. The van der Waals surface area contributed by atoms with Crippen molar-refractivity contribution in [1.82, 2.24) is 15.3 Å². The molecule has 0 saturated heterocycles. The number of carbonyl (C=O) groups excluding carboxylic acids is 1. The van der Waals surface area contributed by atoms with Crippen molar-refractivity contribution in [2.24, 2.45) is 17.8 Å². The lowest BCUT2D eigenvalue weighted by atomic mass is 10.0. The van der Waals surface area contributed by atoms with Gasteiger partial charge in [-0.3, -0.25) is 4.79 Å². The molecule has 19 heavy (non-hydrogen) atoms. The summed E-state index contributed by atoms with van der Waals surface area (Å²) in [6.45, 7) is 0.499. The summed E-state index contributed by atoms with van der Waals surface area (Å²) in [5.41, 5.74) is 1.97. The van der Waals surface area contributed by atoms with Crippen molar-refractivity contribution < 1.29 is 4.79 Å². The van der Waals surface area contributed by atoms with Gasteiger partial charge in [0.1, 0.15) is 5.82 Å². The molecule has 2 aromatic rings. The number of amides is 1. The average molecular weight is 255 g/mol. The van der Waals surface area contributed by atoms with E-state index in [1.165, 1.54) is 6.42 Å². The Morgan fingerprint density at radius 3 is 2.84 bits per heavy atom. The first kappa shape index (κ1) is 11.0. The van der Waals surface area contributed by atoms with Gasteiger partial charge in [0.2, 0.25) is 5.91 Å². The molecule has 1 amide bonds. The summed E-state index contributed by atoms with van der Waals surface area (Å²) >= 11 is 0. The van der Waals surface area contributed by atoms with Crippen LogP contribution in [-0.2, 0) is 11.3 Å². The molecule has 0 aliphatic heterocycles. The molecule has 98 valence electrons. The maximum Gasteiger partial charge on any atom is 0.223 e. The number of H-pyrrole nitrogens is 1. The SMILES string of the molecule is O=C(NCc1nc2ccccc2[nH]1)C1CC2CC2C1. The third kappa shape index (κ3) is 2.01. The van der Waals surface area contributed by atoms with E-state index in [-0.39, 0.29) is 11.8 Å². The minimum absolute atomic E-state index is 0.202. The van der Waals surface area contributed by atoms with Gasteiger partial charge in [0, 0.05) is 5.92 Å². The Balaban J connectivity index is 1.39. The Labute approximate surface area is 111 Å². The van der Waals surface area contributed by atoms with Crippen molar-refractivity contribution in [3.05, 3.63) is 30.1 Å². The highest BCUT2D eigenvalue weighted by atomic mass is 16.1. The molecule has 1 heterocycles. The summed E-state index contributed by atoms with van der Waals surface area (Å²) in [5.74, 6) is 2.97. The number of aromatic nitrogens is 2. The van der Waals surface area contributed by atoms with Crippen LogP contribution in [0.15, 0.2) is 24.3 Å². The van der Waals surface area contributed by atoms with E-state index in [0.29, 0.717) is 6.54 Å². The van der Waals surface area contributed by atoms with Gasteiger partial charge in [-0.05, 0) is 43.2 Å². The summed E-state index contributed by atoms with van der Waals surface area (Å²) in [7, 11) is 0. The number of fused-ring (bicyclic) bond motifs is 2. The van der Waals surface area contributed by atoms with E-state index in [9.17, 15) is 4.79 Å². The van der Waals surface area contributed by atoms with Crippen molar-refractivity contribution >= 4 is 16.9 Å². The molecule has 1 aromatic heterocycles. The van der Waals surface area contributed by atoms with Crippen LogP contribution in [0, 0.1) is 17.8 Å². The van der Waals surface area contributed by atoms with Gasteiger partial charge in [-0.25, -0.2) is 4.98 Å². The fourth-order valence-corrected chi connectivity index (χ4v) is 3.33. The van der Waals surface area contributed by atoms with Gasteiger partial charge in [0.15, 0.2) is 0 Å². The van der Waals surface area contributed by atoms with E-state index in [4.69, 9.17) is 0 Å². The highest BCUT2D eigenvalue weighted by Crippen LogP contribution is 2.54. The minimum Gasteiger partial charge on any atom is -0.349 e. The van der Waals surface area contributed by atoms with Crippen LogP contribution in [-0.4, -0.2) is 15.9 Å². The number of imidazole rings is 1. The standard InChI is InChI=1S/C15H17N3O/c19-15(11-6-9-5-10(9)7-11)16-8-14-17-12-3-1-2-4-13(12)18-14/h1-4,9-11H,5-8H2,(H,16,19)(H,17,18). The highest BCUT2D eigenvalue weighted by Gasteiger charge is 2.47. The topological polar surface area (TPSA) is 57.8 Å². The van der Waals surface area contributed by atoms with E-state index < -0.39 is 0 Å². The molecule has 4 heteroatoms. The van der Waals surface area contributed by atoms with Crippen LogP contribution in [0.5, 0.6) is 0 Å². The molecule has 2 fully saturated rings. The molecular formula is C15H17N3O. The minimum atomic E-state index is 0.202. The van der Waals surface area contributed by atoms with Crippen LogP contribution in [0.4, 0.5) is 0 Å². The quantitative estimate of drug-likeness (QED) is 0.883. The fraction of sp³-hybridized carbons (Fsp3) is 0.467. The first-order chi connectivity index (χ1) is 9.29. The van der Waals surface area contributed by atoms with Gasteiger partial charge < -0.3 is 10.3 Å². The Morgan fingerprint density at radius 1 is 1.26 bits per heavy atom. The first-order valence-electron chi connectivity index (χ1n) is 7.01. The van der Waals surface area contributed by atoms with Crippen LogP contribution in [0.1, 0.15) is 25.1 Å². The predicted octanol–water partition coefficient (Wildman–Crippen LogP) is 2.23. The maximum absolute atomic E-state index is 12.0. The molecule has 0 radical (unpaired) electrons. The Kier molecular flexibility index (Phi) is 2.37. The smallest absolute Gasteiger partial charge is 0.223 e. The number of aromatic amines is 1. The molecule has 2 N–H and O–H groups in total. The van der Waals surface area contributed by atoms with E-state index in [1.54, 1.807) is 0 Å². The largest absolute Gasteiger partial charge is 0.349 e. The number of nitrogens with one attached hydrogen (secondary N) is 2. The Bertz CT molecular complexity index is 590. The molecule has 4 nitrogen and oxygen atoms in total. The number of rotatable bonds is 3. The second-order valence-corrected chi connectivity index (χ2v) is 5.84. The van der Waals surface area contributed by atoms with Gasteiger partial charge in [0.05, 0.1) is 17.6 Å². The van der Waals surface area contributed by atoms with Gasteiger partial charge in [-0.2, -0.15) is 0 Å². The third-order valence-electron chi connectivity index (χ3n) is 4.48. The molecule has 2 atom stereocenters. The Hall–Kier alpha value is -1.84. The lowest BCUT2D eigenvalue weighted by Gasteiger charge is -2.11. The van der Waals surface area contributed by atoms with Crippen molar-refractivity contribution in [2.45, 2.75) is 25.8 Å². The van der Waals surface area contributed by atoms with Crippen LogP contribution in [0.2, 0.25) is 0 Å². The molecule has 0 bridgehead atoms.